The number of hydrogen-bond acceptors (Lipinski definition) is 8. The highest BCUT2D eigenvalue weighted by Crippen LogP contribution is 2.28. The number of para-hydroxylation sites is 2. The third-order valence-corrected chi connectivity index (χ3v) is 7.33. The van der Waals surface area contributed by atoms with Crippen LogP contribution in [0.3, 0.4) is 0 Å². The number of benzene rings is 4. The van der Waals surface area contributed by atoms with Crippen LogP contribution in [-0.2, 0) is 29.1 Å². The van der Waals surface area contributed by atoms with Crippen molar-refractivity contribution in [1.82, 2.24) is 10.6 Å². The minimum atomic E-state index is -1.07. The number of anilines is 2. The van der Waals surface area contributed by atoms with Gasteiger partial charge in [0.2, 0.25) is 11.8 Å². The normalized spacial score (nSPS) is 10.5. The van der Waals surface area contributed by atoms with Gasteiger partial charge in [-0.1, -0.05) is 36.4 Å². The summed E-state index contributed by atoms with van der Waals surface area (Å²) in [5.74, 6) is -0.133. The Morgan fingerprint density at radius 2 is 1.11 bits per heavy atom. The van der Waals surface area contributed by atoms with Crippen LogP contribution >= 0.6 is 0 Å². The van der Waals surface area contributed by atoms with Crippen molar-refractivity contribution in [2.75, 3.05) is 39.5 Å². The van der Waals surface area contributed by atoms with E-state index in [0.29, 0.717) is 45.5 Å². The van der Waals surface area contributed by atoms with E-state index in [-0.39, 0.29) is 25.4 Å². The second-order valence-electron chi connectivity index (χ2n) is 10.3. The van der Waals surface area contributed by atoms with Gasteiger partial charge in [0.05, 0.1) is 39.8 Å². The van der Waals surface area contributed by atoms with Crippen molar-refractivity contribution in [2.45, 2.75) is 19.5 Å². The summed E-state index contributed by atoms with van der Waals surface area (Å²) >= 11 is 0. The highest BCUT2D eigenvalue weighted by molar-refractivity contribution is 6.05. The molecule has 4 aromatic carbocycles. The molecule has 11 nitrogen and oxygen atoms in total. The highest BCUT2D eigenvalue weighted by atomic mass is 16.5. The zero-order valence-electron chi connectivity index (χ0n) is 26.2. The lowest BCUT2D eigenvalue weighted by molar-refractivity contribution is -0.135. The van der Waals surface area contributed by atoms with Crippen LogP contribution in [0.15, 0.2) is 84.9 Å². The molecule has 0 atom stereocenters. The van der Waals surface area contributed by atoms with Crippen molar-refractivity contribution in [2.24, 2.45) is 5.92 Å². The maximum atomic E-state index is 13.5. The van der Waals surface area contributed by atoms with E-state index >= 15 is 0 Å². The van der Waals surface area contributed by atoms with E-state index in [2.05, 4.69) is 16.0 Å². The highest BCUT2D eigenvalue weighted by Gasteiger charge is 2.27. The molecular formula is C35H38N4O7. The number of carbonyl (C=O) groups excluding carboxylic acids is 3. The first kappa shape index (κ1) is 33.2. The largest absolute Gasteiger partial charge is 0.493 e. The Bertz CT molecular complexity index is 1600. The Kier molecular flexibility index (Phi) is 11.4. The number of hydrogen-bond donors (Lipinski definition) is 4. The minimum absolute atomic E-state index is 0.100. The smallest absolute Gasteiger partial charge is 0.255 e. The van der Waals surface area contributed by atoms with Crippen molar-refractivity contribution in [3.05, 3.63) is 107 Å². The van der Waals surface area contributed by atoms with Gasteiger partial charge in [0, 0.05) is 18.7 Å². The zero-order chi connectivity index (χ0) is 33.1. The average molecular weight is 627 g/mol. The molecule has 11 heteroatoms. The van der Waals surface area contributed by atoms with Gasteiger partial charge in [-0.3, -0.25) is 14.4 Å². The van der Waals surface area contributed by atoms with E-state index in [0.717, 1.165) is 11.1 Å². The summed E-state index contributed by atoms with van der Waals surface area (Å²) in [7, 11) is 6.15. The Balaban J connectivity index is 1.49. The minimum Gasteiger partial charge on any atom is -0.493 e. The van der Waals surface area contributed by atoms with E-state index in [4.69, 9.17) is 24.7 Å². The quantitative estimate of drug-likeness (QED) is 0.119. The van der Waals surface area contributed by atoms with Gasteiger partial charge in [0.15, 0.2) is 23.0 Å². The summed E-state index contributed by atoms with van der Waals surface area (Å²) in [6, 6.07) is 24.3. The number of ether oxygens (including phenoxy) is 4. The number of nitrogens with one attached hydrogen (secondary N) is 3. The molecule has 0 heterocycles. The third kappa shape index (κ3) is 8.47. The van der Waals surface area contributed by atoms with Crippen molar-refractivity contribution < 1.29 is 33.3 Å². The molecule has 0 spiro atoms. The first-order chi connectivity index (χ1) is 22.3. The van der Waals surface area contributed by atoms with Gasteiger partial charge in [-0.05, 0) is 71.6 Å². The molecule has 0 fully saturated rings. The van der Waals surface area contributed by atoms with Crippen molar-refractivity contribution in [3.63, 3.8) is 0 Å². The number of amides is 3. The fraction of sp³-hybridized carbons (Fsp3) is 0.229. The summed E-state index contributed by atoms with van der Waals surface area (Å²) in [5, 5.41) is 8.54. The maximum Gasteiger partial charge on any atom is 0.255 e. The monoisotopic (exact) mass is 626 g/mol. The first-order valence-corrected chi connectivity index (χ1v) is 14.5. The molecule has 0 unspecified atom stereocenters. The molecule has 5 N–H and O–H groups in total. The molecule has 4 rings (SSSR count). The fourth-order valence-corrected chi connectivity index (χ4v) is 4.74. The van der Waals surface area contributed by atoms with Gasteiger partial charge in [-0.25, -0.2) is 0 Å². The van der Waals surface area contributed by atoms with Gasteiger partial charge >= 0.3 is 0 Å². The second kappa shape index (κ2) is 15.8. The Labute approximate surface area is 268 Å². The SMILES string of the molecule is COc1ccc(CNC(=O)C(Cc2ccc(C(=O)Nc3ccccc3N)cc2)C(=O)NCc2ccc(OC)c(OC)c2)cc1OC. The molecule has 0 bridgehead atoms. The summed E-state index contributed by atoms with van der Waals surface area (Å²) in [6.07, 6.45) is 0.100. The molecule has 4 aromatic rings. The van der Waals surface area contributed by atoms with Crippen molar-refractivity contribution >= 4 is 29.1 Å². The third-order valence-electron chi connectivity index (χ3n) is 7.33. The molecule has 0 aliphatic carbocycles. The number of carbonyl (C=O) groups is 3. The summed E-state index contributed by atoms with van der Waals surface area (Å²) in [4.78, 5) is 39.8. The molecular weight excluding hydrogens is 588 g/mol. The standard InChI is InChI=1S/C35H38N4O7/c1-43-29-15-11-23(18-31(29)45-3)20-37-34(41)26(35(42)38-21-24-12-16-30(44-2)32(19-24)46-4)17-22-9-13-25(14-10-22)33(40)39-28-8-6-5-7-27(28)36/h5-16,18-19,26H,17,20-21,36H2,1-4H3,(H,37,41)(H,38,42)(H,39,40). The molecule has 0 saturated heterocycles. The molecule has 3 amide bonds. The van der Waals surface area contributed by atoms with E-state index in [1.807, 2.05) is 0 Å². The molecule has 0 aromatic heterocycles. The molecule has 0 saturated carbocycles. The second-order valence-corrected chi connectivity index (χ2v) is 10.3. The Morgan fingerprint density at radius 1 is 0.630 bits per heavy atom. The van der Waals surface area contributed by atoms with Gasteiger partial charge in [0.1, 0.15) is 5.92 Å². The van der Waals surface area contributed by atoms with Crippen LogP contribution in [-0.4, -0.2) is 46.2 Å². The maximum absolute atomic E-state index is 13.5. The van der Waals surface area contributed by atoms with Crippen LogP contribution < -0.4 is 40.6 Å². The van der Waals surface area contributed by atoms with Gasteiger partial charge < -0.3 is 40.6 Å². The number of nitrogens with two attached hydrogens (primary N) is 1. The van der Waals surface area contributed by atoms with Crippen molar-refractivity contribution in [3.8, 4) is 23.0 Å². The fourth-order valence-electron chi connectivity index (χ4n) is 4.74. The average Bonchev–Trinajstić information content (AvgIpc) is 3.09. The van der Waals surface area contributed by atoms with E-state index in [9.17, 15) is 14.4 Å². The molecule has 0 radical (unpaired) electrons. The molecule has 0 aliphatic heterocycles. The lowest BCUT2D eigenvalue weighted by Crippen LogP contribution is -2.42. The number of methoxy groups -OCH3 is 4. The number of nitrogen functional groups attached to an aromatic ring is 1. The van der Waals surface area contributed by atoms with Gasteiger partial charge in [-0.15, -0.1) is 0 Å². The molecule has 0 aliphatic rings. The number of rotatable bonds is 14. The van der Waals surface area contributed by atoms with Crippen LogP contribution in [0.1, 0.15) is 27.0 Å². The van der Waals surface area contributed by atoms with Crippen molar-refractivity contribution in [1.29, 1.82) is 0 Å². The summed E-state index contributed by atoms with van der Waals surface area (Å²) in [5.41, 5.74) is 9.54. The van der Waals surface area contributed by atoms with Gasteiger partial charge in [0.25, 0.3) is 5.91 Å². The van der Waals surface area contributed by atoms with E-state index < -0.39 is 17.7 Å². The van der Waals surface area contributed by atoms with Crippen LogP contribution in [0.4, 0.5) is 11.4 Å². The summed E-state index contributed by atoms with van der Waals surface area (Å²) < 4.78 is 21.3. The van der Waals surface area contributed by atoms with Crippen LogP contribution in [0.25, 0.3) is 0 Å². The molecule has 240 valence electrons. The Hall–Kier alpha value is -5.71. The topological polar surface area (TPSA) is 150 Å². The van der Waals surface area contributed by atoms with E-state index in [1.165, 1.54) is 14.2 Å². The zero-order valence-corrected chi connectivity index (χ0v) is 26.2. The lowest BCUT2D eigenvalue weighted by Gasteiger charge is -2.18. The predicted molar refractivity (Wildman–Crippen MR) is 175 cm³/mol. The predicted octanol–water partition coefficient (Wildman–Crippen LogP) is 4.35. The van der Waals surface area contributed by atoms with Crippen LogP contribution in [0.5, 0.6) is 23.0 Å². The lowest BCUT2D eigenvalue weighted by atomic mass is 9.96. The first-order valence-electron chi connectivity index (χ1n) is 14.5. The van der Waals surface area contributed by atoms with E-state index in [1.54, 1.807) is 99.1 Å². The van der Waals surface area contributed by atoms with Gasteiger partial charge in [-0.2, -0.15) is 0 Å². The van der Waals surface area contributed by atoms with Crippen LogP contribution in [0, 0.1) is 5.92 Å². The Morgan fingerprint density at radius 3 is 1.59 bits per heavy atom. The van der Waals surface area contributed by atoms with Crippen LogP contribution in [0.2, 0.25) is 0 Å². The summed E-state index contributed by atoms with van der Waals surface area (Å²) in [6.45, 7) is 0.334. The molecule has 46 heavy (non-hydrogen) atoms.